The number of esters is 2. The molecule has 4 nitrogen and oxygen atoms in total. The van der Waals surface area contributed by atoms with Crippen LogP contribution in [0.1, 0.15) is 162 Å². The van der Waals surface area contributed by atoms with E-state index in [-0.39, 0.29) is 17.9 Å². The lowest BCUT2D eigenvalue weighted by Gasteiger charge is -2.11. The van der Waals surface area contributed by atoms with Gasteiger partial charge in [0, 0.05) is 6.42 Å². The Labute approximate surface area is 212 Å². The second-order valence-corrected chi connectivity index (χ2v) is 10.2. The van der Waals surface area contributed by atoms with Crippen molar-refractivity contribution in [1.29, 1.82) is 0 Å². The molecule has 0 rings (SSSR count). The lowest BCUT2D eigenvalue weighted by atomic mass is 10.0. The van der Waals surface area contributed by atoms with Gasteiger partial charge in [-0.1, -0.05) is 130 Å². The van der Waals surface area contributed by atoms with E-state index in [4.69, 9.17) is 9.47 Å². The van der Waals surface area contributed by atoms with Gasteiger partial charge < -0.3 is 9.47 Å². The summed E-state index contributed by atoms with van der Waals surface area (Å²) in [6.45, 7) is 7.59. The highest BCUT2D eigenvalue weighted by molar-refractivity contribution is 5.71. The van der Waals surface area contributed by atoms with E-state index in [0.29, 0.717) is 19.6 Å². The predicted octanol–water partition coefficient (Wildman–Crippen LogP) is 9.33. The molecule has 4 heteroatoms. The summed E-state index contributed by atoms with van der Waals surface area (Å²) in [6, 6.07) is 0. The van der Waals surface area contributed by atoms with Gasteiger partial charge in [-0.05, 0) is 25.7 Å². The van der Waals surface area contributed by atoms with Crippen LogP contribution in [-0.2, 0) is 19.1 Å². The molecule has 0 aliphatic rings. The molecule has 0 spiro atoms. The van der Waals surface area contributed by atoms with Crippen LogP contribution in [0.5, 0.6) is 0 Å². The minimum Gasteiger partial charge on any atom is -0.466 e. The normalized spacial score (nSPS) is 12.0. The Bertz CT molecular complexity index is 449. The van der Waals surface area contributed by atoms with Crippen molar-refractivity contribution >= 4 is 11.9 Å². The molecule has 0 heterocycles. The van der Waals surface area contributed by atoms with Crippen molar-refractivity contribution in [1.82, 2.24) is 0 Å². The summed E-state index contributed by atoms with van der Waals surface area (Å²) in [6.07, 6.45) is 25.7. The maximum Gasteiger partial charge on any atom is 0.308 e. The first-order valence-electron chi connectivity index (χ1n) is 14.9. The molecule has 0 saturated heterocycles. The Morgan fingerprint density at radius 1 is 0.529 bits per heavy atom. The highest BCUT2D eigenvalue weighted by atomic mass is 16.5. The second kappa shape index (κ2) is 26.5. The predicted molar refractivity (Wildman–Crippen MR) is 144 cm³/mol. The van der Waals surface area contributed by atoms with Gasteiger partial charge in [-0.3, -0.25) is 9.59 Å². The van der Waals surface area contributed by atoms with Crippen molar-refractivity contribution in [3.8, 4) is 0 Å². The van der Waals surface area contributed by atoms with Crippen LogP contribution in [-0.4, -0.2) is 25.2 Å². The molecule has 1 unspecified atom stereocenters. The Kier molecular flexibility index (Phi) is 25.7. The maximum atomic E-state index is 12.0. The molecule has 34 heavy (non-hydrogen) atoms. The van der Waals surface area contributed by atoms with Crippen molar-refractivity contribution in [2.24, 2.45) is 5.92 Å². The molecule has 1 atom stereocenters. The lowest BCUT2D eigenvalue weighted by Crippen LogP contribution is -2.15. The van der Waals surface area contributed by atoms with E-state index in [9.17, 15) is 9.59 Å². The first-order chi connectivity index (χ1) is 16.6. The summed E-state index contributed by atoms with van der Waals surface area (Å²) in [5.74, 6) is 0.0327. The van der Waals surface area contributed by atoms with Gasteiger partial charge in [-0.25, -0.2) is 0 Å². The summed E-state index contributed by atoms with van der Waals surface area (Å²) in [5, 5.41) is 0. The molecule has 0 bridgehead atoms. The molecule has 0 aromatic rings. The van der Waals surface area contributed by atoms with Crippen LogP contribution in [0.3, 0.4) is 0 Å². The van der Waals surface area contributed by atoms with E-state index in [1.807, 2.05) is 6.92 Å². The van der Waals surface area contributed by atoms with E-state index >= 15 is 0 Å². The molecule has 0 aliphatic heterocycles. The number of hydrogen-bond acceptors (Lipinski definition) is 4. The van der Waals surface area contributed by atoms with Crippen LogP contribution in [0.2, 0.25) is 0 Å². The molecule has 0 aliphatic carbocycles. The largest absolute Gasteiger partial charge is 0.466 e. The van der Waals surface area contributed by atoms with E-state index in [1.54, 1.807) is 0 Å². The van der Waals surface area contributed by atoms with Crippen LogP contribution in [0.15, 0.2) is 0 Å². The Balaban J connectivity index is 3.29. The van der Waals surface area contributed by atoms with Crippen LogP contribution in [0, 0.1) is 5.92 Å². The average molecular weight is 483 g/mol. The fourth-order valence-corrected chi connectivity index (χ4v) is 4.24. The third-order valence-electron chi connectivity index (χ3n) is 6.67. The monoisotopic (exact) mass is 482 g/mol. The van der Waals surface area contributed by atoms with Gasteiger partial charge in [0.15, 0.2) is 0 Å². The number of ether oxygens (including phenoxy) is 2. The van der Waals surface area contributed by atoms with Crippen LogP contribution < -0.4 is 0 Å². The molecule has 0 saturated carbocycles. The standard InChI is InChI=1S/C30H58O4/c1-4-6-8-22-26-33-29(31)25-21-19-17-15-13-11-10-12-14-16-18-20-24-28(3)30(32)34-27-23-9-7-5-2/h28H,4-27H2,1-3H3. The fraction of sp³-hybridized carbons (Fsp3) is 0.933. The third-order valence-corrected chi connectivity index (χ3v) is 6.67. The van der Waals surface area contributed by atoms with E-state index < -0.39 is 0 Å². The second-order valence-electron chi connectivity index (χ2n) is 10.2. The summed E-state index contributed by atoms with van der Waals surface area (Å²) < 4.78 is 10.7. The number of unbranched alkanes of at least 4 members (excludes halogenated alkanes) is 17. The molecule has 0 amide bonds. The quantitative estimate of drug-likeness (QED) is 0.0910. The number of carbonyl (C=O) groups excluding carboxylic acids is 2. The van der Waals surface area contributed by atoms with Crippen molar-refractivity contribution in [2.75, 3.05) is 13.2 Å². The maximum absolute atomic E-state index is 12.0. The summed E-state index contributed by atoms with van der Waals surface area (Å²) >= 11 is 0. The molecule has 0 fully saturated rings. The lowest BCUT2D eigenvalue weighted by molar-refractivity contribution is -0.148. The van der Waals surface area contributed by atoms with E-state index in [0.717, 1.165) is 44.9 Å². The van der Waals surface area contributed by atoms with Crippen LogP contribution >= 0.6 is 0 Å². The summed E-state index contributed by atoms with van der Waals surface area (Å²) in [7, 11) is 0. The van der Waals surface area contributed by atoms with Gasteiger partial charge in [0.2, 0.25) is 0 Å². The van der Waals surface area contributed by atoms with E-state index in [1.165, 1.54) is 89.9 Å². The Morgan fingerprint density at radius 2 is 0.941 bits per heavy atom. The highest BCUT2D eigenvalue weighted by Gasteiger charge is 2.13. The van der Waals surface area contributed by atoms with Crippen LogP contribution in [0.25, 0.3) is 0 Å². The first-order valence-corrected chi connectivity index (χ1v) is 14.9. The fourth-order valence-electron chi connectivity index (χ4n) is 4.24. The van der Waals surface area contributed by atoms with Gasteiger partial charge in [0.25, 0.3) is 0 Å². The van der Waals surface area contributed by atoms with Crippen molar-refractivity contribution < 1.29 is 19.1 Å². The van der Waals surface area contributed by atoms with Gasteiger partial charge in [0.1, 0.15) is 0 Å². The van der Waals surface area contributed by atoms with Crippen molar-refractivity contribution in [3.63, 3.8) is 0 Å². The minimum absolute atomic E-state index is 0.00534. The van der Waals surface area contributed by atoms with Crippen molar-refractivity contribution in [3.05, 3.63) is 0 Å². The first kappa shape index (κ1) is 32.9. The zero-order chi connectivity index (χ0) is 25.1. The zero-order valence-corrected chi connectivity index (χ0v) is 23.2. The molecule has 202 valence electrons. The van der Waals surface area contributed by atoms with Gasteiger partial charge >= 0.3 is 11.9 Å². The molecular formula is C30H58O4. The topological polar surface area (TPSA) is 52.6 Å². The molecule has 0 N–H and O–H groups in total. The molecule has 0 aromatic carbocycles. The SMILES string of the molecule is CCCCCCOC(=O)CCCCCCCCCCCCCCC(C)C(=O)OCCCCCC. The number of hydrogen-bond donors (Lipinski definition) is 0. The number of rotatable bonds is 26. The Morgan fingerprint density at radius 3 is 1.44 bits per heavy atom. The van der Waals surface area contributed by atoms with Crippen LogP contribution in [0.4, 0.5) is 0 Å². The molecule has 0 aromatic heterocycles. The Hall–Kier alpha value is -1.06. The van der Waals surface area contributed by atoms with Gasteiger partial charge in [-0.2, -0.15) is 0 Å². The average Bonchev–Trinajstić information content (AvgIpc) is 2.83. The van der Waals surface area contributed by atoms with E-state index in [2.05, 4.69) is 13.8 Å². The summed E-state index contributed by atoms with van der Waals surface area (Å²) in [5.41, 5.74) is 0. The third kappa shape index (κ3) is 24.1. The minimum atomic E-state index is -0.0105. The smallest absolute Gasteiger partial charge is 0.308 e. The zero-order valence-electron chi connectivity index (χ0n) is 23.2. The molecule has 0 radical (unpaired) electrons. The highest BCUT2D eigenvalue weighted by Crippen LogP contribution is 2.16. The van der Waals surface area contributed by atoms with Crippen molar-refractivity contribution in [2.45, 2.75) is 162 Å². The van der Waals surface area contributed by atoms with Gasteiger partial charge in [-0.15, -0.1) is 0 Å². The molecular weight excluding hydrogens is 424 g/mol. The van der Waals surface area contributed by atoms with Gasteiger partial charge in [0.05, 0.1) is 19.1 Å². The number of carbonyl (C=O) groups is 2. The summed E-state index contributed by atoms with van der Waals surface area (Å²) in [4.78, 5) is 23.6.